The molecule has 6 heteroatoms. The Morgan fingerprint density at radius 2 is 2.04 bits per heavy atom. The van der Waals surface area contributed by atoms with Crippen LogP contribution in [0.25, 0.3) is 10.2 Å². The quantitative estimate of drug-likeness (QED) is 0.782. The van der Waals surface area contributed by atoms with Gasteiger partial charge in [0, 0.05) is 17.0 Å². The van der Waals surface area contributed by atoms with Crippen LogP contribution in [0, 0.1) is 5.92 Å². The monoisotopic (exact) mass is 331 g/mol. The number of anilines is 1. The van der Waals surface area contributed by atoms with Gasteiger partial charge < -0.3 is 16.8 Å². The lowest BCUT2D eigenvalue weighted by atomic mass is 9.96. The zero-order valence-corrected chi connectivity index (χ0v) is 14.5. The van der Waals surface area contributed by atoms with Crippen molar-refractivity contribution >= 4 is 27.4 Å². The zero-order chi connectivity index (χ0) is 16.0. The second-order valence-corrected chi connectivity index (χ2v) is 8.25. The van der Waals surface area contributed by atoms with E-state index in [1.807, 2.05) is 0 Å². The number of aryl methyl sites for hydroxylation is 2. The van der Waals surface area contributed by atoms with E-state index in [1.165, 1.54) is 36.1 Å². The topological polar surface area (TPSA) is 89.8 Å². The van der Waals surface area contributed by atoms with Crippen LogP contribution < -0.4 is 16.8 Å². The molecule has 0 saturated heterocycles. The fourth-order valence-electron chi connectivity index (χ4n) is 3.70. The molecule has 2 aromatic heterocycles. The highest BCUT2D eigenvalue weighted by Crippen LogP contribution is 2.40. The maximum absolute atomic E-state index is 6.27. The van der Waals surface area contributed by atoms with Crippen LogP contribution in [0.5, 0.6) is 0 Å². The molecule has 23 heavy (non-hydrogen) atoms. The van der Waals surface area contributed by atoms with Crippen LogP contribution in [0.15, 0.2) is 0 Å². The van der Waals surface area contributed by atoms with Gasteiger partial charge in [0.25, 0.3) is 0 Å². The van der Waals surface area contributed by atoms with E-state index in [2.05, 4.69) is 17.2 Å². The minimum Gasteiger partial charge on any atom is -0.383 e. The van der Waals surface area contributed by atoms with Crippen molar-refractivity contribution in [3.05, 3.63) is 16.3 Å². The number of aromatic nitrogens is 2. The van der Waals surface area contributed by atoms with Gasteiger partial charge in [-0.05, 0) is 56.9 Å². The molecule has 1 saturated carbocycles. The molecule has 2 aliphatic carbocycles. The summed E-state index contributed by atoms with van der Waals surface area (Å²) in [5.41, 5.74) is 13.6. The predicted octanol–water partition coefficient (Wildman–Crippen LogP) is 2.37. The van der Waals surface area contributed by atoms with Gasteiger partial charge in [-0.1, -0.05) is 0 Å². The van der Waals surface area contributed by atoms with Crippen molar-refractivity contribution in [1.29, 1.82) is 0 Å². The SMILES string of the molecule is CC(CN)(NCc1nc(N)c2c3c(sc2n1)CCCC3)C1CC1. The third-order valence-corrected chi connectivity index (χ3v) is 6.63. The number of rotatable bonds is 5. The van der Waals surface area contributed by atoms with Gasteiger partial charge in [0.2, 0.25) is 0 Å². The van der Waals surface area contributed by atoms with E-state index in [0.717, 1.165) is 28.9 Å². The van der Waals surface area contributed by atoms with Gasteiger partial charge in [0.05, 0.1) is 11.9 Å². The van der Waals surface area contributed by atoms with Gasteiger partial charge in [0.15, 0.2) is 0 Å². The lowest BCUT2D eigenvalue weighted by molar-refractivity contribution is 0.314. The van der Waals surface area contributed by atoms with Gasteiger partial charge in [-0.2, -0.15) is 0 Å². The average Bonchev–Trinajstić information content (AvgIpc) is 3.34. The molecule has 1 atom stereocenters. The molecule has 0 aromatic carbocycles. The first-order chi connectivity index (χ1) is 11.1. The van der Waals surface area contributed by atoms with Crippen molar-refractivity contribution in [3.63, 3.8) is 0 Å². The molecule has 1 fully saturated rings. The van der Waals surface area contributed by atoms with E-state index in [9.17, 15) is 0 Å². The van der Waals surface area contributed by atoms with Crippen molar-refractivity contribution in [1.82, 2.24) is 15.3 Å². The fraction of sp³-hybridized carbons (Fsp3) is 0.647. The number of hydrogen-bond donors (Lipinski definition) is 3. The van der Waals surface area contributed by atoms with Gasteiger partial charge in [0.1, 0.15) is 16.5 Å². The number of thiophene rings is 1. The predicted molar refractivity (Wildman–Crippen MR) is 95.5 cm³/mol. The van der Waals surface area contributed by atoms with E-state index < -0.39 is 0 Å². The molecule has 4 rings (SSSR count). The highest BCUT2D eigenvalue weighted by Gasteiger charge is 2.40. The van der Waals surface area contributed by atoms with E-state index >= 15 is 0 Å². The molecule has 0 radical (unpaired) electrons. The highest BCUT2D eigenvalue weighted by molar-refractivity contribution is 7.19. The third kappa shape index (κ3) is 2.73. The van der Waals surface area contributed by atoms with E-state index in [-0.39, 0.29) is 5.54 Å². The third-order valence-electron chi connectivity index (χ3n) is 5.44. The summed E-state index contributed by atoms with van der Waals surface area (Å²) in [4.78, 5) is 11.9. The normalized spacial score (nSPS) is 20.4. The maximum atomic E-state index is 6.27. The van der Waals surface area contributed by atoms with Crippen molar-refractivity contribution in [3.8, 4) is 0 Å². The second kappa shape index (κ2) is 5.69. The Bertz CT molecular complexity index is 736. The molecule has 0 spiro atoms. The van der Waals surface area contributed by atoms with Crippen molar-refractivity contribution in [2.24, 2.45) is 11.7 Å². The smallest absolute Gasteiger partial charge is 0.146 e. The summed E-state index contributed by atoms with van der Waals surface area (Å²) in [6.07, 6.45) is 7.33. The van der Waals surface area contributed by atoms with Crippen LogP contribution in [-0.2, 0) is 19.4 Å². The summed E-state index contributed by atoms with van der Waals surface area (Å²) in [6, 6.07) is 0. The molecular weight excluding hydrogens is 306 g/mol. The molecule has 0 aliphatic heterocycles. The Hall–Kier alpha value is -1.24. The highest BCUT2D eigenvalue weighted by atomic mass is 32.1. The molecule has 2 heterocycles. The maximum Gasteiger partial charge on any atom is 0.146 e. The zero-order valence-electron chi connectivity index (χ0n) is 13.7. The first-order valence-electron chi connectivity index (χ1n) is 8.62. The molecule has 5 N–H and O–H groups in total. The molecular formula is C17H25N5S. The summed E-state index contributed by atoms with van der Waals surface area (Å²) in [7, 11) is 0. The van der Waals surface area contributed by atoms with Crippen LogP contribution in [-0.4, -0.2) is 22.1 Å². The Morgan fingerprint density at radius 3 is 2.78 bits per heavy atom. The molecule has 0 bridgehead atoms. The molecule has 5 nitrogen and oxygen atoms in total. The van der Waals surface area contributed by atoms with Crippen LogP contribution in [0.2, 0.25) is 0 Å². The Labute approximate surface area is 140 Å². The summed E-state index contributed by atoms with van der Waals surface area (Å²) in [5, 5.41) is 4.69. The van der Waals surface area contributed by atoms with Crippen molar-refractivity contribution in [2.45, 2.75) is 57.5 Å². The lowest BCUT2D eigenvalue weighted by Gasteiger charge is -2.29. The Kier molecular flexibility index (Phi) is 3.78. The van der Waals surface area contributed by atoms with Crippen LogP contribution in [0.1, 0.15) is 48.9 Å². The second-order valence-electron chi connectivity index (χ2n) is 7.17. The largest absolute Gasteiger partial charge is 0.383 e. The van der Waals surface area contributed by atoms with Gasteiger partial charge in [-0.3, -0.25) is 0 Å². The van der Waals surface area contributed by atoms with E-state index in [0.29, 0.717) is 24.8 Å². The van der Waals surface area contributed by atoms with E-state index in [1.54, 1.807) is 11.3 Å². The minimum atomic E-state index is -0.0121. The summed E-state index contributed by atoms with van der Waals surface area (Å²) in [5.74, 6) is 2.11. The van der Waals surface area contributed by atoms with Gasteiger partial charge >= 0.3 is 0 Å². The van der Waals surface area contributed by atoms with Crippen molar-refractivity contribution in [2.75, 3.05) is 12.3 Å². The van der Waals surface area contributed by atoms with Gasteiger partial charge in [-0.25, -0.2) is 9.97 Å². The van der Waals surface area contributed by atoms with Crippen LogP contribution in [0.3, 0.4) is 0 Å². The summed E-state index contributed by atoms with van der Waals surface area (Å²) in [6.45, 7) is 3.48. The first kappa shape index (κ1) is 15.3. The summed E-state index contributed by atoms with van der Waals surface area (Å²) >= 11 is 1.80. The Morgan fingerprint density at radius 1 is 1.26 bits per heavy atom. The number of hydrogen-bond acceptors (Lipinski definition) is 6. The number of nitrogens with one attached hydrogen (secondary N) is 1. The van der Waals surface area contributed by atoms with Crippen molar-refractivity contribution < 1.29 is 0 Å². The van der Waals surface area contributed by atoms with Crippen LogP contribution in [0.4, 0.5) is 5.82 Å². The summed E-state index contributed by atoms with van der Waals surface area (Å²) < 4.78 is 0. The first-order valence-corrected chi connectivity index (χ1v) is 9.44. The van der Waals surface area contributed by atoms with Crippen LogP contribution >= 0.6 is 11.3 Å². The number of nitrogens with two attached hydrogens (primary N) is 2. The lowest BCUT2D eigenvalue weighted by Crippen LogP contribution is -2.50. The molecule has 1 unspecified atom stereocenters. The van der Waals surface area contributed by atoms with E-state index in [4.69, 9.17) is 16.5 Å². The standard InChI is InChI=1S/C17H25N5S/c1-17(9-18,10-6-7-10)20-8-13-21-15(19)14-11-4-2-3-5-12(11)23-16(14)22-13/h10,20H,2-9,18H2,1H3,(H2,19,21,22). The molecule has 0 amide bonds. The number of nitrogens with zero attached hydrogens (tertiary/aromatic N) is 2. The number of fused-ring (bicyclic) bond motifs is 3. The molecule has 2 aromatic rings. The molecule has 124 valence electrons. The molecule has 2 aliphatic rings. The Balaban J connectivity index is 1.61. The minimum absolute atomic E-state index is 0.0121. The van der Waals surface area contributed by atoms with Gasteiger partial charge in [-0.15, -0.1) is 11.3 Å². The average molecular weight is 331 g/mol. The fourth-order valence-corrected chi connectivity index (χ4v) is 4.98. The number of nitrogen functional groups attached to an aromatic ring is 1.